The zero-order valence-corrected chi connectivity index (χ0v) is 18.5. The predicted octanol–water partition coefficient (Wildman–Crippen LogP) is 4.36. The van der Waals surface area contributed by atoms with Crippen molar-refractivity contribution in [1.29, 1.82) is 0 Å². The number of aromatic nitrogens is 3. The summed E-state index contributed by atoms with van der Waals surface area (Å²) in [4.78, 5) is 4.92. The SMILES string of the molecule is Cc1cccc(CN2CCN(Cn3nc(-c4ccccc4Cl)n(C)c3=S)CC2)c1. The number of hydrogen-bond acceptors (Lipinski definition) is 4. The van der Waals surface area contributed by atoms with Crippen LogP contribution in [-0.2, 0) is 20.3 Å². The Labute approximate surface area is 182 Å². The van der Waals surface area contributed by atoms with E-state index in [0.717, 1.165) is 44.1 Å². The lowest BCUT2D eigenvalue weighted by molar-refractivity contribution is 0.0981. The van der Waals surface area contributed by atoms with Gasteiger partial charge in [-0.1, -0.05) is 53.6 Å². The molecule has 0 amide bonds. The van der Waals surface area contributed by atoms with Gasteiger partial charge in [-0.3, -0.25) is 9.80 Å². The summed E-state index contributed by atoms with van der Waals surface area (Å²) < 4.78 is 4.55. The molecule has 0 bridgehead atoms. The molecule has 0 spiro atoms. The molecule has 2 aromatic carbocycles. The van der Waals surface area contributed by atoms with Gasteiger partial charge < -0.3 is 4.57 Å². The van der Waals surface area contributed by atoms with Crippen molar-refractivity contribution < 1.29 is 0 Å². The summed E-state index contributed by atoms with van der Waals surface area (Å²) in [6, 6.07) is 16.5. The molecule has 0 saturated carbocycles. The third-order valence-corrected chi connectivity index (χ3v) is 6.26. The Kier molecular flexibility index (Phi) is 6.15. The quantitative estimate of drug-likeness (QED) is 0.566. The fraction of sp³-hybridized carbons (Fsp3) is 0.364. The van der Waals surface area contributed by atoms with Gasteiger partial charge in [0.25, 0.3) is 0 Å². The Hall–Kier alpha value is -1.99. The first-order valence-corrected chi connectivity index (χ1v) is 10.7. The lowest BCUT2D eigenvalue weighted by Gasteiger charge is -2.34. The van der Waals surface area contributed by atoms with Crippen LogP contribution in [0.5, 0.6) is 0 Å². The van der Waals surface area contributed by atoms with Crippen molar-refractivity contribution in [3.05, 3.63) is 69.5 Å². The second-order valence-corrected chi connectivity index (χ2v) is 8.44. The van der Waals surface area contributed by atoms with Crippen LogP contribution in [0, 0.1) is 11.7 Å². The van der Waals surface area contributed by atoms with Crippen LogP contribution < -0.4 is 0 Å². The number of benzene rings is 2. The van der Waals surface area contributed by atoms with Gasteiger partial charge in [-0.2, -0.15) is 5.10 Å². The fourth-order valence-corrected chi connectivity index (χ4v) is 4.21. The highest BCUT2D eigenvalue weighted by molar-refractivity contribution is 7.71. The highest BCUT2D eigenvalue weighted by atomic mass is 35.5. The summed E-state index contributed by atoms with van der Waals surface area (Å²) in [6.45, 7) is 7.97. The van der Waals surface area contributed by atoms with Crippen molar-refractivity contribution in [2.24, 2.45) is 7.05 Å². The summed E-state index contributed by atoms with van der Waals surface area (Å²) in [5.74, 6) is 0.804. The molecule has 152 valence electrons. The van der Waals surface area contributed by atoms with E-state index in [1.165, 1.54) is 11.1 Å². The average Bonchev–Trinajstić information content (AvgIpc) is 2.98. The van der Waals surface area contributed by atoms with E-state index in [1.807, 2.05) is 40.6 Å². The third-order valence-electron chi connectivity index (χ3n) is 5.44. The van der Waals surface area contributed by atoms with Crippen molar-refractivity contribution in [2.45, 2.75) is 20.1 Å². The molecular formula is C22H26ClN5S. The van der Waals surface area contributed by atoms with E-state index < -0.39 is 0 Å². The number of rotatable bonds is 5. The normalized spacial score (nSPS) is 15.7. The zero-order chi connectivity index (χ0) is 20.4. The molecule has 3 aromatic rings. The molecule has 29 heavy (non-hydrogen) atoms. The molecule has 0 unspecified atom stereocenters. The molecule has 2 heterocycles. The minimum atomic E-state index is 0.688. The number of piperazine rings is 1. The minimum Gasteiger partial charge on any atom is -0.303 e. The predicted molar refractivity (Wildman–Crippen MR) is 121 cm³/mol. The fourth-order valence-electron chi connectivity index (χ4n) is 3.80. The number of nitrogens with zero attached hydrogens (tertiary/aromatic N) is 5. The summed E-state index contributed by atoms with van der Waals surface area (Å²) >= 11 is 12.0. The Morgan fingerprint density at radius 3 is 2.45 bits per heavy atom. The monoisotopic (exact) mass is 427 g/mol. The van der Waals surface area contributed by atoms with E-state index in [4.69, 9.17) is 28.9 Å². The van der Waals surface area contributed by atoms with E-state index in [0.29, 0.717) is 16.5 Å². The maximum absolute atomic E-state index is 6.36. The Bertz CT molecular complexity index is 1050. The Morgan fingerprint density at radius 1 is 1.00 bits per heavy atom. The van der Waals surface area contributed by atoms with Crippen LogP contribution in [-0.4, -0.2) is 50.3 Å². The van der Waals surface area contributed by atoms with Crippen LogP contribution in [0.4, 0.5) is 0 Å². The minimum absolute atomic E-state index is 0.688. The summed E-state index contributed by atoms with van der Waals surface area (Å²) in [5, 5.41) is 5.45. The van der Waals surface area contributed by atoms with Gasteiger partial charge in [0, 0.05) is 45.3 Å². The van der Waals surface area contributed by atoms with Gasteiger partial charge in [0.05, 0.1) is 11.7 Å². The van der Waals surface area contributed by atoms with Crippen molar-refractivity contribution >= 4 is 23.8 Å². The highest BCUT2D eigenvalue weighted by Gasteiger charge is 2.19. The first-order valence-electron chi connectivity index (χ1n) is 9.90. The maximum atomic E-state index is 6.36. The molecule has 0 N–H and O–H groups in total. The lowest BCUT2D eigenvalue weighted by atomic mass is 10.1. The van der Waals surface area contributed by atoms with Crippen LogP contribution in [0.1, 0.15) is 11.1 Å². The molecule has 4 rings (SSSR count). The van der Waals surface area contributed by atoms with Crippen LogP contribution in [0.25, 0.3) is 11.4 Å². The van der Waals surface area contributed by atoms with Crippen LogP contribution in [0.2, 0.25) is 5.02 Å². The van der Waals surface area contributed by atoms with Gasteiger partial charge in [-0.25, -0.2) is 4.68 Å². The third kappa shape index (κ3) is 4.61. The summed E-state index contributed by atoms with van der Waals surface area (Å²) in [6.07, 6.45) is 0. The van der Waals surface area contributed by atoms with Crippen molar-refractivity contribution in [3.8, 4) is 11.4 Å². The van der Waals surface area contributed by atoms with Gasteiger partial charge in [-0.05, 0) is 36.8 Å². The second kappa shape index (κ2) is 8.79. The van der Waals surface area contributed by atoms with E-state index in [2.05, 4.69) is 41.0 Å². The molecule has 1 aliphatic heterocycles. The Morgan fingerprint density at radius 2 is 1.72 bits per heavy atom. The largest absolute Gasteiger partial charge is 0.303 e. The topological polar surface area (TPSA) is 29.2 Å². The molecule has 1 aliphatic rings. The summed E-state index contributed by atoms with van der Waals surface area (Å²) in [7, 11) is 1.95. The molecule has 1 fully saturated rings. The van der Waals surface area contributed by atoms with Gasteiger partial charge in [0.15, 0.2) is 10.6 Å². The Balaban J connectivity index is 1.40. The van der Waals surface area contributed by atoms with Crippen LogP contribution in [0.15, 0.2) is 48.5 Å². The van der Waals surface area contributed by atoms with Gasteiger partial charge >= 0.3 is 0 Å². The van der Waals surface area contributed by atoms with E-state index in [-0.39, 0.29) is 0 Å². The molecule has 0 atom stereocenters. The number of aryl methyl sites for hydroxylation is 1. The van der Waals surface area contributed by atoms with Crippen LogP contribution in [0.3, 0.4) is 0 Å². The molecule has 7 heteroatoms. The maximum Gasteiger partial charge on any atom is 0.199 e. The van der Waals surface area contributed by atoms with E-state index >= 15 is 0 Å². The highest BCUT2D eigenvalue weighted by Crippen LogP contribution is 2.26. The standard InChI is InChI=1S/C22H26ClN5S/c1-17-6-5-7-18(14-17)15-26-10-12-27(13-11-26)16-28-22(29)25(2)21(24-28)19-8-3-4-9-20(19)23/h3-9,14H,10-13,15-16H2,1-2H3. The second-order valence-electron chi connectivity index (χ2n) is 7.67. The molecular weight excluding hydrogens is 402 g/mol. The number of halogens is 1. The molecule has 1 saturated heterocycles. The van der Waals surface area contributed by atoms with Crippen molar-refractivity contribution in [1.82, 2.24) is 24.1 Å². The van der Waals surface area contributed by atoms with E-state index in [9.17, 15) is 0 Å². The summed E-state index contributed by atoms with van der Waals surface area (Å²) in [5.41, 5.74) is 3.61. The average molecular weight is 428 g/mol. The van der Waals surface area contributed by atoms with Crippen LogP contribution >= 0.6 is 23.8 Å². The van der Waals surface area contributed by atoms with Crippen molar-refractivity contribution in [2.75, 3.05) is 26.2 Å². The smallest absolute Gasteiger partial charge is 0.199 e. The molecule has 5 nitrogen and oxygen atoms in total. The molecule has 1 aromatic heterocycles. The lowest BCUT2D eigenvalue weighted by Crippen LogP contribution is -2.46. The number of hydrogen-bond donors (Lipinski definition) is 0. The van der Waals surface area contributed by atoms with Gasteiger partial charge in [0.1, 0.15) is 0 Å². The zero-order valence-electron chi connectivity index (χ0n) is 16.9. The first-order chi connectivity index (χ1) is 14.0. The van der Waals surface area contributed by atoms with Crippen molar-refractivity contribution in [3.63, 3.8) is 0 Å². The molecule has 0 radical (unpaired) electrons. The van der Waals surface area contributed by atoms with E-state index in [1.54, 1.807) is 0 Å². The van der Waals surface area contributed by atoms with Gasteiger partial charge in [0.2, 0.25) is 0 Å². The molecule has 0 aliphatic carbocycles. The first kappa shape index (κ1) is 20.3. The van der Waals surface area contributed by atoms with Gasteiger partial charge in [-0.15, -0.1) is 0 Å².